The number of hydrogen-bond donors (Lipinski definition) is 2. The fraction of sp³-hybridized carbons (Fsp3) is 0.133. The minimum atomic E-state index is -1.07. The van der Waals surface area contributed by atoms with Crippen molar-refractivity contribution in [1.29, 1.82) is 0 Å². The number of carboxylic acids is 1. The lowest BCUT2D eigenvalue weighted by Crippen LogP contribution is -2.44. The molecule has 35 heavy (non-hydrogen) atoms. The lowest BCUT2D eigenvalue weighted by Gasteiger charge is -2.19. The summed E-state index contributed by atoms with van der Waals surface area (Å²) in [5.41, 5.74) is 5.70. The van der Waals surface area contributed by atoms with Crippen molar-refractivity contribution in [1.82, 2.24) is 5.32 Å². The Balaban J connectivity index is 1.28. The van der Waals surface area contributed by atoms with E-state index in [1.165, 1.54) is 0 Å². The summed E-state index contributed by atoms with van der Waals surface area (Å²) < 4.78 is 5.81. The van der Waals surface area contributed by atoms with Gasteiger partial charge in [-0.2, -0.15) is 0 Å². The third-order valence-corrected chi connectivity index (χ3v) is 6.32. The molecule has 1 aliphatic carbocycles. The molecule has 0 aromatic heterocycles. The smallest absolute Gasteiger partial charge is 0.326 e. The number of nitrogens with one attached hydrogen (secondary N) is 1. The highest BCUT2D eigenvalue weighted by Crippen LogP contribution is 2.44. The van der Waals surface area contributed by atoms with E-state index in [9.17, 15) is 14.7 Å². The van der Waals surface area contributed by atoms with E-state index >= 15 is 0 Å². The molecule has 5 heteroatoms. The van der Waals surface area contributed by atoms with E-state index in [1.807, 2.05) is 103 Å². The number of hydrogen-bond acceptors (Lipinski definition) is 3. The zero-order valence-corrected chi connectivity index (χ0v) is 19.1. The maximum Gasteiger partial charge on any atom is 0.326 e. The van der Waals surface area contributed by atoms with Gasteiger partial charge in [-0.1, -0.05) is 91.0 Å². The molecule has 0 heterocycles. The average molecular weight is 464 g/mol. The third-order valence-electron chi connectivity index (χ3n) is 6.32. The first kappa shape index (κ1) is 22.4. The Morgan fingerprint density at radius 1 is 0.743 bits per heavy atom. The van der Waals surface area contributed by atoms with Crippen LogP contribution >= 0.6 is 0 Å². The quantitative estimate of drug-likeness (QED) is 0.377. The van der Waals surface area contributed by atoms with E-state index in [1.54, 1.807) is 0 Å². The molecule has 0 saturated heterocycles. The molecule has 1 atom stereocenters. The summed E-state index contributed by atoms with van der Waals surface area (Å²) in [6, 6.07) is 31.7. The first-order chi connectivity index (χ1) is 17.1. The number of benzene rings is 4. The van der Waals surface area contributed by atoms with Crippen LogP contribution < -0.4 is 10.1 Å². The Kier molecular flexibility index (Phi) is 6.31. The number of carbonyl (C=O) groups excluding carboxylic acids is 1. The Morgan fingerprint density at radius 3 is 1.91 bits per heavy atom. The molecule has 5 rings (SSSR count). The fourth-order valence-electron chi connectivity index (χ4n) is 4.59. The molecule has 0 radical (unpaired) electrons. The van der Waals surface area contributed by atoms with Gasteiger partial charge in [-0.3, -0.25) is 4.79 Å². The predicted octanol–water partition coefficient (Wildman–Crippen LogP) is 5.19. The van der Waals surface area contributed by atoms with Crippen molar-refractivity contribution >= 4 is 11.9 Å². The lowest BCUT2D eigenvalue weighted by molar-refractivity contribution is -0.141. The first-order valence-corrected chi connectivity index (χ1v) is 11.6. The number of carboxylic acid groups (broad SMARTS) is 1. The van der Waals surface area contributed by atoms with Gasteiger partial charge in [0, 0.05) is 6.42 Å². The predicted molar refractivity (Wildman–Crippen MR) is 134 cm³/mol. The molecule has 174 valence electrons. The fourth-order valence-corrected chi connectivity index (χ4v) is 4.59. The number of rotatable bonds is 8. The van der Waals surface area contributed by atoms with Gasteiger partial charge in [0.15, 0.2) is 0 Å². The molecule has 0 saturated carbocycles. The summed E-state index contributed by atoms with van der Waals surface area (Å²) in [4.78, 5) is 25.4. The van der Waals surface area contributed by atoms with Gasteiger partial charge in [-0.15, -0.1) is 0 Å². The van der Waals surface area contributed by atoms with Crippen molar-refractivity contribution in [3.05, 3.63) is 125 Å². The van der Waals surface area contributed by atoms with Crippen molar-refractivity contribution in [2.24, 2.45) is 0 Å². The molecule has 0 unspecified atom stereocenters. The summed E-state index contributed by atoms with van der Waals surface area (Å²) in [5.74, 6) is -1.20. The van der Waals surface area contributed by atoms with Crippen LogP contribution in [0.25, 0.3) is 11.1 Å². The summed E-state index contributed by atoms with van der Waals surface area (Å²) in [6.45, 7) is 0.457. The van der Waals surface area contributed by atoms with Crippen LogP contribution in [0.15, 0.2) is 103 Å². The van der Waals surface area contributed by atoms with Crippen LogP contribution in [0.5, 0.6) is 5.75 Å². The maximum absolute atomic E-state index is 13.4. The second kappa shape index (κ2) is 9.85. The molecule has 1 aliphatic rings. The highest BCUT2D eigenvalue weighted by atomic mass is 16.5. The van der Waals surface area contributed by atoms with E-state index in [-0.39, 0.29) is 12.3 Å². The summed E-state index contributed by atoms with van der Waals surface area (Å²) in [7, 11) is 0. The number of amides is 1. The van der Waals surface area contributed by atoms with Crippen LogP contribution in [0.3, 0.4) is 0 Å². The number of ether oxygens (including phenoxy) is 1. The number of fused-ring (bicyclic) bond motifs is 3. The average Bonchev–Trinajstić information content (AvgIpc) is 3.23. The number of carbonyl (C=O) groups is 2. The Bertz CT molecular complexity index is 1300. The first-order valence-electron chi connectivity index (χ1n) is 11.6. The van der Waals surface area contributed by atoms with Crippen LogP contribution in [-0.2, 0) is 22.6 Å². The van der Waals surface area contributed by atoms with Crippen molar-refractivity contribution in [2.45, 2.75) is 25.0 Å². The monoisotopic (exact) mass is 463 g/mol. The van der Waals surface area contributed by atoms with Gasteiger partial charge in [-0.25, -0.2) is 4.79 Å². The zero-order chi connectivity index (χ0) is 24.2. The van der Waals surface area contributed by atoms with Crippen LogP contribution in [0.1, 0.15) is 28.2 Å². The van der Waals surface area contributed by atoms with Crippen LogP contribution in [0.4, 0.5) is 0 Å². The topological polar surface area (TPSA) is 75.6 Å². The Hall–Kier alpha value is -4.38. The zero-order valence-electron chi connectivity index (χ0n) is 19.1. The lowest BCUT2D eigenvalue weighted by atomic mass is 9.95. The van der Waals surface area contributed by atoms with Gasteiger partial charge in [0.05, 0.1) is 5.92 Å². The highest BCUT2D eigenvalue weighted by Gasteiger charge is 2.35. The van der Waals surface area contributed by atoms with Gasteiger partial charge >= 0.3 is 5.97 Å². The van der Waals surface area contributed by atoms with E-state index < -0.39 is 17.9 Å². The molecule has 0 spiro atoms. The summed E-state index contributed by atoms with van der Waals surface area (Å²) in [6.07, 6.45) is 0.177. The highest BCUT2D eigenvalue weighted by molar-refractivity contribution is 5.97. The minimum absolute atomic E-state index is 0.177. The van der Waals surface area contributed by atoms with Crippen molar-refractivity contribution in [3.63, 3.8) is 0 Å². The van der Waals surface area contributed by atoms with E-state index in [0.717, 1.165) is 33.4 Å². The largest absolute Gasteiger partial charge is 0.489 e. The molecule has 4 aromatic rings. The second-order valence-corrected chi connectivity index (χ2v) is 8.63. The standard InChI is InChI=1S/C30H25NO4/c32-29(28-25-12-6-4-10-23(25)24-11-5-7-13-26(24)28)31-27(30(33)34)18-20-14-16-22(17-15-20)35-19-21-8-2-1-3-9-21/h1-17,27-28H,18-19H2,(H,31,32)(H,33,34)/t27-/m1/s1. The molecule has 5 nitrogen and oxygen atoms in total. The van der Waals surface area contributed by atoms with Gasteiger partial charge < -0.3 is 15.2 Å². The molecule has 2 N–H and O–H groups in total. The maximum atomic E-state index is 13.4. The molecule has 0 aliphatic heterocycles. The third kappa shape index (κ3) is 4.80. The molecule has 0 fully saturated rings. The van der Waals surface area contributed by atoms with E-state index in [0.29, 0.717) is 12.4 Å². The van der Waals surface area contributed by atoms with Crippen LogP contribution in [0.2, 0.25) is 0 Å². The summed E-state index contributed by atoms with van der Waals surface area (Å²) >= 11 is 0. The SMILES string of the molecule is O=C(N[C@H](Cc1ccc(OCc2ccccc2)cc1)C(=O)O)C1c2ccccc2-c2ccccc21. The minimum Gasteiger partial charge on any atom is -0.489 e. The Labute approximate surface area is 204 Å². The van der Waals surface area contributed by atoms with Crippen molar-refractivity contribution in [2.75, 3.05) is 0 Å². The van der Waals surface area contributed by atoms with E-state index in [2.05, 4.69) is 5.32 Å². The van der Waals surface area contributed by atoms with Crippen LogP contribution in [0, 0.1) is 0 Å². The van der Waals surface area contributed by atoms with Crippen molar-refractivity contribution in [3.8, 4) is 16.9 Å². The molecule has 1 amide bonds. The molecular formula is C30H25NO4. The molecule has 0 bridgehead atoms. The normalized spacial score (nSPS) is 12.9. The van der Waals surface area contributed by atoms with Crippen molar-refractivity contribution < 1.29 is 19.4 Å². The van der Waals surface area contributed by atoms with Gasteiger partial charge in [-0.05, 0) is 45.5 Å². The Morgan fingerprint density at radius 2 is 1.31 bits per heavy atom. The summed E-state index contributed by atoms with van der Waals surface area (Å²) in [5, 5.41) is 12.6. The van der Waals surface area contributed by atoms with E-state index in [4.69, 9.17) is 4.74 Å². The molecule has 4 aromatic carbocycles. The van der Waals surface area contributed by atoms with Gasteiger partial charge in [0.1, 0.15) is 18.4 Å². The van der Waals surface area contributed by atoms with Crippen LogP contribution in [-0.4, -0.2) is 23.0 Å². The van der Waals surface area contributed by atoms with Gasteiger partial charge in [0.2, 0.25) is 5.91 Å². The second-order valence-electron chi connectivity index (χ2n) is 8.63. The number of aliphatic carboxylic acids is 1. The molecular weight excluding hydrogens is 438 g/mol. The van der Waals surface area contributed by atoms with Gasteiger partial charge in [0.25, 0.3) is 0 Å².